The molecule has 3 nitrogen and oxygen atoms in total. The summed E-state index contributed by atoms with van der Waals surface area (Å²) in [6.45, 7) is 0.562. The summed E-state index contributed by atoms with van der Waals surface area (Å²) in [5.41, 5.74) is 4.68. The smallest absolute Gasteiger partial charge is 0.120 e. The summed E-state index contributed by atoms with van der Waals surface area (Å²) in [5, 5.41) is 15.0. The van der Waals surface area contributed by atoms with Gasteiger partial charge in [-0.2, -0.15) is 0 Å². The van der Waals surface area contributed by atoms with Crippen molar-refractivity contribution in [2.75, 3.05) is 5.32 Å². The average molecular weight is 387 g/mol. The molecule has 138 valence electrons. The summed E-state index contributed by atoms with van der Waals surface area (Å²) in [5.74, 6) is 0.300. The Labute approximate surface area is 168 Å². The lowest BCUT2D eigenvalue weighted by molar-refractivity contribution is 0.469. The largest absolute Gasteiger partial charge is 0.508 e. The fourth-order valence-corrected chi connectivity index (χ4v) is 3.16. The van der Waals surface area contributed by atoms with E-state index in [2.05, 4.69) is 16.4 Å². The molecule has 0 radical (unpaired) electrons. The number of hydrogen-bond acceptors (Lipinski definition) is 3. The Morgan fingerprint density at radius 1 is 0.893 bits per heavy atom. The summed E-state index contributed by atoms with van der Waals surface area (Å²) in [7, 11) is 0. The fourth-order valence-electron chi connectivity index (χ4n) is 2.99. The molecular weight excluding hydrogens is 368 g/mol. The van der Waals surface area contributed by atoms with E-state index in [0.29, 0.717) is 17.3 Å². The number of pyridine rings is 1. The fraction of sp³-hybridized carbons (Fsp3) is 0.0417. The number of phenols is 1. The molecule has 4 aromatic rings. The van der Waals surface area contributed by atoms with Gasteiger partial charge in [0.15, 0.2) is 0 Å². The van der Waals surface area contributed by atoms with Crippen LogP contribution in [0, 0.1) is 0 Å². The summed E-state index contributed by atoms with van der Waals surface area (Å²) >= 11 is 6.06. The molecule has 4 rings (SSSR count). The van der Waals surface area contributed by atoms with E-state index in [-0.39, 0.29) is 0 Å². The molecule has 0 aliphatic heterocycles. The molecule has 0 atom stereocenters. The number of rotatable bonds is 5. The van der Waals surface area contributed by atoms with Crippen molar-refractivity contribution in [1.29, 1.82) is 0 Å². The minimum Gasteiger partial charge on any atom is -0.508 e. The molecule has 0 aliphatic carbocycles. The number of nitrogens with one attached hydrogen (secondary N) is 1. The maximum atomic E-state index is 9.88. The number of para-hydroxylation sites is 1. The normalized spacial score (nSPS) is 11.2. The van der Waals surface area contributed by atoms with Crippen LogP contribution < -0.4 is 5.32 Å². The molecule has 28 heavy (non-hydrogen) atoms. The van der Waals surface area contributed by atoms with Gasteiger partial charge in [0, 0.05) is 28.2 Å². The van der Waals surface area contributed by atoms with Gasteiger partial charge in [-0.15, -0.1) is 0 Å². The minimum atomic E-state index is 0.300. The standard InChI is InChI=1S/C24H19ClN2O/c25-20-11-9-18-10-13-21(27-23(18)15-20)12-8-17-4-3-6-22(14-17)26-16-19-5-1-2-7-24(19)28/h1-15,26,28H,16H2/b12-8+. The molecule has 4 heteroatoms. The van der Waals surface area contributed by atoms with Gasteiger partial charge >= 0.3 is 0 Å². The summed E-state index contributed by atoms with van der Waals surface area (Å²) < 4.78 is 0. The molecule has 0 saturated heterocycles. The Kier molecular flexibility index (Phi) is 5.27. The van der Waals surface area contributed by atoms with E-state index in [9.17, 15) is 5.11 Å². The number of halogens is 1. The van der Waals surface area contributed by atoms with Crippen LogP contribution in [0.1, 0.15) is 16.8 Å². The first kappa shape index (κ1) is 18.1. The molecule has 1 heterocycles. The van der Waals surface area contributed by atoms with Crippen LogP contribution in [0.15, 0.2) is 78.9 Å². The van der Waals surface area contributed by atoms with Crippen molar-refractivity contribution in [3.05, 3.63) is 101 Å². The number of fused-ring (bicyclic) bond motifs is 1. The lowest BCUT2D eigenvalue weighted by atomic mass is 10.1. The predicted molar refractivity (Wildman–Crippen MR) is 118 cm³/mol. The van der Waals surface area contributed by atoms with Gasteiger partial charge in [-0.25, -0.2) is 4.98 Å². The highest BCUT2D eigenvalue weighted by Crippen LogP contribution is 2.21. The number of aromatic nitrogens is 1. The Balaban J connectivity index is 1.49. The molecule has 2 N–H and O–H groups in total. The van der Waals surface area contributed by atoms with Crippen molar-refractivity contribution < 1.29 is 5.11 Å². The van der Waals surface area contributed by atoms with Gasteiger partial charge in [-0.3, -0.25) is 0 Å². The van der Waals surface area contributed by atoms with Crippen LogP contribution in [0.4, 0.5) is 5.69 Å². The Morgan fingerprint density at radius 2 is 1.75 bits per heavy atom. The van der Waals surface area contributed by atoms with Gasteiger partial charge in [0.05, 0.1) is 11.2 Å². The molecule has 0 unspecified atom stereocenters. The first-order valence-corrected chi connectivity index (χ1v) is 9.40. The van der Waals surface area contributed by atoms with Crippen molar-refractivity contribution in [2.24, 2.45) is 0 Å². The Hall–Kier alpha value is -3.30. The molecule has 0 bridgehead atoms. The third-order valence-corrected chi connectivity index (χ3v) is 4.72. The SMILES string of the molecule is Oc1ccccc1CNc1cccc(/C=C/c2ccc3ccc(Cl)cc3n2)c1. The van der Waals surface area contributed by atoms with E-state index < -0.39 is 0 Å². The predicted octanol–water partition coefficient (Wildman–Crippen LogP) is 6.38. The van der Waals surface area contributed by atoms with Gasteiger partial charge in [-0.05, 0) is 48.0 Å². The van der Waals surface area contributed by atoms with Crippen molar-refractivity contribution >= 4 is 40.3 Å². The Bertz CT molecular complexity index is 1150. The summed E-state index contributed by atoms with van der Waals surface area (Å²) in [6, 6.07) is 25.2. The van der Waals surface area contributed by atoms with Crippen LogP contribution in [0.25, 0.3) is 23.1 Å². The van der Waals surface area contributed by atoms with E-state index in [1.807, 2.05) is 78.9 Å². The number of benzene rings is 3. The molecule has 0 saturated carbocycles. The maximum Gasteiger partial charge on any atom is 0.120 e. The van der Waals surface area contributed by atoms with Crippen LogP contribution in [0.3, 0.4) is 0 Å². The zero-order valence-electron chi connectivity index (χ0n) is 15.1. The third kappa shape index (κ3) is 4.33. The lowest BCUT2D eigenvalue weighted by Gasteiger charge is -2.08. The molecular formula is C24H19ClN2O. The first-order valence-electron chi connectivity index (χ1n) is 9.03. The second-order valence-corrected chi connectivity index (χ2v) is 6.95. The van der Waals surface area contributed by atoms with Crippen molar-refractivity contribution in [3.8, 4) is 5.75 Å². The van der Waals surface area contributed by atoms with E-state index in [1.165, 1.54) is 0 Å². The van der Waals surface area contributed by atoms with Gasteiger partial charge in [0.2, 0.25) is 0 Å². The average Bonchev–Trinajstić information content (AvgIpc) is 2.71. The second kappa shape index (κ2) is 8.15. The number of nitrogens with zero attached hydrogens (tertiary/aromatic N) is 1. The maximum absolute atomic E-state index is 9.88. The highest BCUT2D eigenvalue weighted by atomic mass is 35.5. The third-order valence-electron chi connectivity index (χ3n) is 4.48. The monoisotopic (exact) mass is 386 g/mol. The molecule has 0 aliphatic rings. The highest BCUT2D eigenvalue weighted by Gasteiger charge is 2.00. The van der Waals surface area contributed by atoms with Gasteiger partial charge in [-0.1, -0.05) is 60.1 Å². The number of phenolic OH excluding ortho intramolecular Hbond substituents is 1. The number of anilines is 1. The highest BCUT2D eigenvalue weighted by molar-refractivity contribution is 6.31. The lowest BCUT2D eigenvalue weighted by Crippen LogP contribution is -1.99. The summed E-state index contributed by atoms with van der Waals surface area (Å²) in [6.07, 6.45) is 4.02. The van der Waals surface area contributed by atoms with Gasteiger partial charge in [0.1, 0.15) is 5.75 Å². The second-order valence-electron chi connectivity index (χ2n) is 6.51. The number of aromatic hydroxyl groups is 1. The first-order chi connectivity index (χ1) is 13.7. The quantitative estimate of drug-likeness (QED) is 0.418. The molecule has 0 amide bonds. The van der Waals surface area contributed by atoms with E-state index >= 15 is 0 Å². The van der Waals surface area contributed by atoms with Crippen LogP contribution in [0.5, 0.6) is 5.75 Å². The van der Waals surface area contributed by atoms with Crippen molar-refractivity contribution in [3.63, 3.8) is 0 Å². The molecule has 3 aromatic carbocycles. The molecule has 0 spiro atoms. The summed E-state index contributed by atoms with van der Waals surface area (Å²) in [4.78, 5) is 4.64. The van der Waals surface area contributed by atoms with Gasteiger partial charge < -0.3 is 10.4 Å². The zero-order chi connectivity index (χ0) is 19.3. The van der Waals surface area contributed by atoms with E-state index in [0.717, 1.165) is 33.4 Å². The van der Waals surface area contributed by atoms with E-state index in [1.54, 1.807) is 6.07 Å². The van der Waals surface area contributed by atoms with Crippen LogP contribution >= 0.6 is 11.6 Å². The minimum absolute atomic E-state index is 0.300. The van der Waals surface area contributed by atoms with Gasteiger partial charge in [0.25, 0.3) is 0 Å². The molecule has 1 aromatic heterocycles. The zero-order valence-corrected chi connectivity index (χ0v) is 15.9. The number of hydrogen-bond donors (Lipinski definition) is 2. The Morgan fingerprint density at radius 3 is 2.64 bits per heavy atom. The topological polar surface area (TPSA) is 45.1 Å². The van der Waals surface area contributed by atoms with Crippen molar-refractivity contribution in [2.45, 2.75) is 6.54 Å². The van der Waals surface area contributed by atoms with E-state index in [4.69, 9.17) is 11.6 Å². The van der Waals surface area contributed by atoms with Crippen LogP contribution in [-0.4, -0.2) is 10.1 Å². The van der Waals surface area contributed by atoms with Crippen LogP contribution in [0.2, 0.25) is 5.02 Å². The van der Waals surface area contributed by atoms with Crippen molar-refractivity contribution in [1.82, 2.24) is 4.98 Å². The molecule has 0 fully saturated rings. The van der Waals surface area contributed by atoms with Crippen LogP contribution in [-0.2, 0) is 6.54 Å².